The van der Waals surface area contributed by atoms with E-state index in [-0.39, 0.29) is 52.0 Å². The average molecular weight is 755 g/mol. The molecule has 5 rings (SSSR count). The number of sulfonamides is 1. The van der Waals surface area contributed by atoms with Crippen molar-refractivity contribution < 1.29 is 32.2 Å². The first-order valence-electron chi connectivity index (χ1n) is 16.5. The molecule has 0 aromatic heterocycles. The molecule has 4 aromatic carbocycles. The molecule has 0 saturated heterocycles. The quantitative estimate of drug-likeness (QED) is 0.140. The van der Waals surface area contributed by atoms with Crippen molar-refractivity contribution in [3.8, 4) is 17.2 Å². The number of benzene rings is 4. The van der Waals surface area contributed by atoms with E-state index in [1.807, 2.05) is 30.3 Å². The van der Waals surface area contributed by atoms with Crippen LogP contribution in [0.2, 0.25) is 10.0 Å². The lowest BCUT2D eigenvalue weighted by molar-refractivity contribution is -0.140. The molecule has 0 radical (unpaired) electrons. The normalized spacial score (nSPS) is 13.7. The third kappa shape index (κ3) is 9.27. The third-order valence-corrected chi connectivity index (χ3v) is 11.1. The fourth-order valence-electron chi connectivity index (χ4n) is 6.18. The Morgan fingerprint density at radius 3 is 2.06 bits per heavy atom. The topological polar surface area (TPSA) is 114 Å². The van der Waals surface area contributed by atoms with Crippen molar-refractivity contribution >= 4 is 50.7 Å². The zero-order valence-electron chi connectivity index (χ0n) is 28.7. The summed E-state index contributed by atoms with van der Waals surface area (Å²) in [5, 5.41) is 3.91. The van der Waals surface area contributed by atoms with Gasteiger partial charge < -0.3 is 24.4 Å². The van der Waals surface area contributed by atoms with Crippen LogP contribution in [0.1, 0.15) is 36.8 Å². The van der Waals surface area contributed by atoms with Crippen LogP contribution in [0.15, 0.2) is 95.9 Å². The first kappa shape index (κ1) is 37.8. The van der Waals surface area contributed by atoms with Crippen molar-refractivity contribution in [3.63, 3.8) is 0 Å². The minimum absolute atomic E-state index is 0.00250. The van der Waals surface area contributed by atoms with Gasteiger partial charge in [0, 0.05) is 35.1 Å². The van der Waals surface area contributed by atoms with Crippen LogP contribution in [0.5, 0.6) is 17.2 Å². The number of methoxy groups -OCH3 is 3. The molecule has 2 amide bonds. The van der Waals surface area contributed by atoms with Gasteiger partial charge in [-0.05, 0) is 66.4 Å². The maximum atomic E-state index is 14.9. The van der Waals surface area contributed by atoms with Crippen LogP contribution in [0, 0.1) is 0 Å². The molecule has 1 aliphatic carbocycles. The first-order chi connectivity index (χ1) is 24.5. The smallest absolute Gasteiger partial charge is 0.265 e. The van der Waals surface area contributed by atoms with E-state index < -0.39 is 28.5 Å². The van der Waals surface area contributed by atoms with Crippen LogP contribution in [0.4, 0.5) is 5.69 Å². The molecular weight excluding hydrogens is 713 g/mol. The van der Waals surface area contributed by atoms with Gasteiger partial charge in [0.15, 0.2) is 11.5 Å². The van der Waals surface area contributed by atoms with Gasteiger partial charge in [0.1, 0.15) is 18.3 Å². The Balaban J connectivity index is 1.62. The first-order valence-corrected chi connectivity index (χ1v) is 18.7. The van der Waals surface area contributed by atoms with Crippen LogP contribution in [0.25, 0.3) is 0 Å². The Hall–Kier alpha value is -4.45. The second-order valence-corrected chi connectivity index (χ2v) is 14.9. The summed E-state index contributed by atoms with van der Waals surface area (Å²) in [6, 6.07) is 24.0. The summed E-state index contributed by atoms with van der Waals surface area (Å²) >= 11 is 12.6. The third-order valence-electron chi connectivity index (χ3n) is 8.87. The minimum atomic E-state index is -4.50. The molecule has 13 heteroatoms. The number of rotatable bonds is 15. The highest BCUT2D eigenvalue weighted by Crippen LogP contribution is 2.37. The van der Waals surface area contributed by atoms with Crippen molar-refractivity contribution in [1.82, 2.24) is 10.2 Å². The lowest BCUT2D eigenvalue weighted by Gasteiger charge is -2.34. The highest BCUT2D eigenvalue weighted by molar-refractivity contribution is 7.92. The number of hydrogen-bond acceptors (Lipinski definition) is 7. The van der Waals surface area contributed by atoms with Crippen molar-refractivity contribution in [2.24, 2.45) is 0 Å². The second kappa shape index (κ2) is 17.2. The number of amides is 2. The summed E-state index contributed by atoms with van der Waals surface area (Å²) in [5.74, 6) is -0.272. The molecule has 1 saturated carbocycles. The van der Waals surface area contributed by atoms with Gasteiger partial charge in [-0.3, -0.25) is 13.9 Å². The summed E-state index contributed by atoms with van der Waals surface area (Å²) in [6.45, 7) is -0.689. The largest absolute Gasteiger partial charge is 0.495 e. The Kier molecular flexibility index (Phi) is 12.7. The lowest BCUT2D eigenvalue weighted by Crippen LogP contribution is -2.54. The van der Waals surface area contributed by atoms with Crippen LogP contribution >= 0.6 is 23.2 Å². The van der Waals surface area contributed by atoms with Crippen molar-refractivity contribution in [1.29, 1.82) is 0 Å². The average Bonchev–Trinajstić information content (AvgIpc) is 3.65. The summed E-state index contributed by atoms with van der Waals surface area (Å²) < 4.78 is 46.5. The van der Waals surface area contributed by atoms with Gasteiger partial charge in [0.05, 0.1) is 31.9 Å². The second-order valence-electron chi connectivity index (χ2n) is 12.2. The van der Waals surface area contributed by atoms with E-state index in [2.05, 4.69) is 5.32 Å². The molecule has 10 nitrogen and oxygen atoms in total. The van der Waals surface area contributed by atoms with Gasteiger partial charge in [0.2, 0.25) is 11.8 Å². The summed E-state index contributed by atoms with van der Waals surface area (Å²) in [4.78, 5) is 30.3. The van der Waals surface area contributed by atoms with Crippen LogP contribution in [-0.2, 0) is 32.6 Å². The number of nitrogens with zero attached hydrogens (tertiary/aromatic N) is 2. The molecule has 4 aromatic rings. The van der Waals surface area contributed by atoms with Gasteiger partial charge in [-0.25, -0.2) is 8.42 Å². The number of carbonyl (C=O) groups excluding carboxylic acids is 2. The molecule has 0 aliphatic heterocycles. The van der Waals surface area contributed by atoms with Gasteiger partial charge in [-0.15, -0.1) is 0 Å². The SMILES string of the molecule is COc1ccc(S(=O)(=O)N(CC(=O)N(Cc2ccc(Cl)cc2)[C@H](Cc2ccccc2)C(=O)NC2CCCC2)c2cc(Cl)ccc2OC)cc1OC. The number of carbonyl (C=O) groups is 2. The Morgan fingerprint density at radius 1 is 0.784 bits per heavy atom. The van der Waals surface area contributed by atoms with Crippen molar-refractivity contribution in [3.05, 3.63) is 112 Å². The molecule has 270 valence electrons. The van der Waals surface area contributed by atoms with E-state index in [0.29, 0.717) is 16.3 Å². The Morgan fingerprint density at radius 2 is 1.41 bits per heavy atom. The van der Waals surface area contributed by atoms with E-state index in [0.717, 1.165) is 35.6 Å². The molecule has 1 fully saturated rings. The maximum Gasteiger partial charge on any atom is 0.265 e. The zero-order valence-corrected chi connectivity index (χ0v) is 31.0. The van der Waals surface area contributed by atoms with E-state index in [1.54, 1.807) is 30.3 Å². The number of ether oxygens (including phenoxy) is 3. The summed E-state index contributed by atoms with van der Waals surface area (Å²) in [7, 11) is -0.264. The van der Waals surface area contributed by atoms with Crippen molar-refractivity contribution in [2.45, 2.75) is 55.6 Å². The zero-order chi connectivity index (χ0) is 36.5. The highest BCUT2D eigenvalue weighted by Gasteiger charge is 2.37. The predicted octanol–water partition coefficient (Wildman–Crippen LogP) is 6.91. The molecular formula is C38H41Cl2N3O7S. The minimum Gasteiger partial charge on any atom is -0.495 e. The fourth-order valence-corrected chi connectivity index (χ4v) is 7.91. The molecule has 1 aliphatic rings. The van der Waals surface area contributed by atoms with Gasteiger partial charge in [-0.1, -0.05) is 78.5 Å². The fraction of sp³-hybridized carbons (Fsp3) is 0.316. The Bertz CT molecular complexity index is 1920. The van der Waals surface area contributed by atoms with Gasteiger partial charge >= 0.3 is 0 Å². The Labute approximate surface area is 309 Å². The number of anilines is 1. The molecule has 1 N–H and O–H groups in total. The number of hydrogen-bond donors (Lipinski definition) is 1. The monoisotopic (exact) mass is 753 g/mol. The highest BCUT2D eigenvalue weighted by atomic mass is 35.5. The van der Waals surface area contributed by atoms with Crippen molar-refractivity contribution in [2.75, 3.05) is 32.2 Å². The summed E-state index contributed by atoms with van der Waals surface area (Å²) in [5.41, 5.74) is 1.58. The molecule has 1 atom stereocenters. The van der Waals surface area contributed by atoms with Gasteiger partial charge in [0.25, 0.3) is 10.0 Å². The molecule has 0 bridgehead atoms. The van der Waals surface area contributed by atoms with Crippen LogP contribution < -0.4 is 23.8 Å². The summed E-state index contributed by atoms with van der Waals surface area (Å²) in [6.07, 6.45) is 3.90. The lowest BCUT2D eigenvalue weighted by atomic mass is 10.0. The van der Waals surface area contributed by atoms with Crippen LogP contribution in [0.3, 0.4) is 0 Å². The number of nitrogens with one attached hydrogen (secondary N) is 1. The molecule has 0 unspecified atom stereocenters. The molecule has 0 spiro atoms. The van der Waals surface area contributed by atoms with E-state index in [4.69, 9.17) is 37.4 Å². The van der Waals surface area contributed by atoms with Crippen LogP contribution in [-0.4, -0.2) is 65.1 Å². The predicted molar refractivity (Wildman–Crippen MR) is 198 cm³/mol. The van der Waals surface area contributed by atoms with Gasteiger partial charge in [-0.2, -0.15) is 0 Å². The van der Waals surface area contributed by atoms with E-state index in [9.17, 15) is 18.0 Å². The molecule has 51 heavy (non-hydrogen) atoms. The van der Waals surface area contributed by atoms with E-state index in [1.165, 1.54) is 56.6 Å². The standard InChI is InChI=1S/C38H41Cl2N3O7S/c1-48-34-19-17-29(40)22-32(34)43(51(46,47)31-18-20-35(49-2)36(23-31)50-3)25-37(44)42(24-27-13-15-28(39)16-14-27)33(21-26-9-5-4-6-10-26)38(45)41-30-11-7-8-12-30/h4-6,9-10,13-20,22-23,30,33H,7-8,11-12,21,24-25H2,1-3H3,(H,41,45)/t33-/m1/s1. The maximum absolute atomic E-state index is 14.9. The van der Waals surface area contributed by atoms with E-state index >= 15 is 0 Å². The number of halogens is 2. The molecule has 0 heterocycles.